The van der Waals surface area contributed by atoms with Gasteiger partial charge in [0.1, 0.15) is 0 Å². The molecule has 0 spiro atoms. The minimum Gasteiger partial charge on any atom is -0.166 e. The zero-order chi connectivity index (χ0) is 11.1. The number of aryl methyl sites for hydroxylation is 1. The monoisotopic (exact) mass is 218 g/mol. The first kappa shape index (κ1) is 12.1. The van der Waals surface area contributed by atoms with E-state index >= 15 is 0 Å². The number of fused-ring (bicyclic) bond motifs is 1. The van der Waals surface area contributed by atoms with Crippen LogP contribution in [0.5, 0.6) is 0 Å². The Bertz CT molecular complexity index is 405. The summed E-state index contributed by atoms with van der Waals surface area (Å²) >= 11 is 1.86. The molecule has 80 valence electrons. The van der Waals surface area contributed by atoms with Gasteiger partial charge in [0.05, 0.1) is 0 Å². The normalized spacial score (nSPS) is 9.53. The van der Waals surface area contributed by atoms with E-state index in [1.54, 1.807) is 0 Å². The van der Waals surface area contributed by atoms with E-state index in [4.69, 9.17) is 0 Å². The quantitative estimate of drug-likeness (QED) is 0.678. The van der Waals surface area contributed by atoms with E-state index in [0.29, 0.717) is 0 Å². The first-order valence-electron chi connectivity index (χ1n) is 5.22. The highest BCUT2D eigenvalue weighted by atomic mass is 32.2. The largest absolute Gasteiger partial charge is 0.166 e. The standard InChI is InChI=1S/C11H10.C3H8S/c1-9-6-7-10-4-2-3-5-11(10)8-9;1-3-4-2/h2-8H,1H3;3H2,1-2H3. The molecular weight excluding hydrogens is 200 g/mol. The molecule has 1 heteroatoms. The zero-order valence-corrected chi connectivity index (χ0v) is 10.5. The fourth-order valence-electron chi connectivity index (χ4n) is 1.31. The van der Waals surface area contributed by atoms with Gasteiger partial charge in [-0.05, 0) is 29.7 Å². The minimum absolute atomic E-state index is 1.24. The highest BCUT2D eigenvalue weighted by Gasteiger charge is 1.89. The summed E-state index contributed by atoms with van der Waals surface area (Å²) in [6, 6.07) is 14.9. The summed E-state index contributed by atoms with van der Waals surface area (Å²) in [7, 11) is 0. The Morgan fingerprint density at radius 3 is 2.20 bits per heavy atom. The smallest absolute Gasteiger partial charge is 0.00988 e. The van der Waals surface area contributed by atoms with Crippen LogP contribution >= 0.6 is 11.8 Å². The summed E-state index contributed by atoms with van der Waals surface area (Å²) < 4.78 is 0. The molecule has 0 fully saturated rings. The molecule has 0 nitrogen and oxygen atoms in total. The molecule has 0 radical (unpaired) electrons. The fourth-order valence-corrected chi connectivity index (χ4v) is 1.31. The molecule has 0 unspecified atom stereocenters. The number of thioether (sulfide) groups is 1. The van der Waals surface area contributed by atoms with Gasteiger partial charge < -0.3 is 0 Å². The van der Waals surface area contributed by atoms with Crippen molar-refractivity contribution in [2.24, 2.45) is 0 Å². The van der Waals surface area contributed by atoms with Crippen LogP contribution in [0.3, 0.4) is 0 Å². The molecule has 0 aliphatic carbocycles. The van der Waals surface area contributed by atoms with Gasteiger partial charge in [-0.3, -0.25) is 0 Å². The maximum absolute atomic E-state index is 2.20. The highest BCUT2D eigenvalue weighted by molar-refractivity contribution is 7.98. The van der Waals surface area contributed by atoms with Gasteiger partial charge in [-0.15, -0.1) is 0 Å². The molecule has 0 saturated carbocycles. The van der Waals surface area contributed by atoms with E-state index in [1.165, 1.54) is 22.1 Å². The molecule has 0 aromatic heterocycles. The second kappa shape index (κ2) is 6.52. The Kier molecular flexibility index (Phi) is 5.27. The second-order valence-electron chi connectivity index (χ2n) is 3.43. The first-order chi connectivity index (χ1) is 7.27. The molecule has 0 bridgehead atoms. The Labute approximate surface area is 96.7 Å². The lowest BCUT2D eigenvalue weighted by Gasteiger charge is -1.96. The van der Waals surface area contributed by atoms with Crippen molar-refractivity contribution in [3.63, 3.8) is 0 Å². The second-order valence-corrected chi connectivity index (χ2v) is 4.58. The fraction of sp³-hybridized carbons (Fsp3) is 0.286. The number of hydrogen-bond acceptors (Lipinski definition) is 1. The predicted octanol–water partition coefficient (Wildman–Crippen LogP) is 4.52. The van der Waals surface area contributed by atoms with Gasteiger partial charge >= 0.3 is 0 Å². The van der Waals surface area contributed by atoms with Crippen LogP contribution in [-0.4, -0.2) is 12.0 Å². The van der Waals surface area contributed by atoms with E-state index < -0.39 is 0 Å². The van der Waals surface area contributed by atoms with Gasteiger partial charge in [0.2, 0.25) is 0 Å². The molecule has 2 aromatic carbocycles. The van der Waals surface area contributed by atoms with Gasteiger partial charge in [-0.2, -0.15) is 11.8 Å². The summed E-state index contributed by atoms with van der Waals surface area (Å²) in [6.07, 6.45) is 2.10. The lowest BCUT2D eigenvalue weighted by molar-refractivity contribution is 1.51. The summed E-state index contributed by atoms with van der Waals surface area (Å²) in [5.74, 6) is 1.24. The van der Waals surface area contributed by atoms with Gasteiger partial charge in [0.15, 0.2) is 0 Å². The van der Waals surface area contributed by atoms with Crippen LogP contribution in [0.15, 0.2) is 42.5 Å². The van der Waals surface area contributed by atoms with Gasteiger partial charge in [-0.1, -0.05) is 55.0 Å². The number of rotatable bonds is 1. The molecular formula is C14H18S. The van der Waals surface area contributed by atoms with Crippen LogP contribution < -0.4 is 0 Å². The van der Waals surface area contributed by atoms with E-state index in [0.717, 1.165) is 0 Å². The van der Waals surface area contributed by atoms with Crippen LogP contribution in [0, 0.1) is 6.92 Å². The van der Waals surface area contributed by atoms with E-state index in [1.807, 2.05) is 11.8 Å². The SMILES string of the molecule is CCSC.Cc1ccc2ccccc2c1. The predicted molar refractivity (Wildman–Crippen MR) is 72.7 cm³/mol. The topological polar surface area (TPSA) is 0 Å². The summed E-state index contributed by atoms with van der Waals surface area (Å²) in [6.45, 7) is 4.26. The van der Waals surface area contributed by atoms with Gasteiger partial charge in [-0.25, -0.2) is 0 Å². The number of hydrogen-bond donors (Lipinski definition) is 0. The van der Waals surface area contributed by atoms with Crippen molar-refractivity contribution in [2.75, 3.05) is 12.0 Å². The molecule has 0 saturated heterocycles. The third-order valence-electron chi connectivity index (χ3n) is 2.19. The van der Waals surface area contributed by atoms with E-state index in [-0.39, 0.29) is 0 Å². The highest BCUT2D eigenvalue weighted by Crippen LogP contribution is 2.14. The average Bonchev–Trinajstić information content (AvgIpc) is 2.29. The van der Waals surface area contributed by atoms with E-state index in [9.17, 15) is 0 Å². The van der Waals surface area contributed by atoms with Crippen molar-refractivity contribution < 1.29 is 0 Å². The van der Waals surface area contributed by atoms with E-state index in [2.05, 4.69) is 62.6 Å². The van der Waals surface area contributed by atoms with Crippen LogP contribution in [0.2, 0.25) is 0 Å². The first-order valence-corrected chi connectivity index (χ1v) is 6.61. The van der Waals surface area contributed by atoms with Crippen LogP contribution in [0.1, 0.15) is 12.5 Å². The van der Waals surface area contributed by atoms with Gasteiger partial charge in [0, 0.05) is 0 Å². The molecule has 2 aromatic rings. The van der Waals surface area contributed by atoms with Crippen molar-refractivity contribution >= 4 is 22.5 Å². The Hall–Kier alpha value is -0.950. The molecule has 0 N–H and O–H groups in total. The summed E-state index contributed by atoms with van der Waals surface area (Å²) in [4.78, 5) is 0. The lowest BCUT2D eigenvalue weighted by atomic mass is 10.1. The Morgan fingerprint density at radius 1 is 1.00 bits per heavy atom. The van der Waals surface area contributed by atoms with Crippen molar-refractivity contribution in [2.45, 2.75) is 13.8 Å². The average molecular weight is 218 g/mol. The van der Waals surface area contributed by atoms with Crippen molar-refractivity contribution in [1.82, 2.24) is 0 Å². The molecule has 15 heavy (non-hydrogen) atoms. The van der Waals surface area contributed by atoms with Crippen LogP contribution in [-0.2, 0) is 0 Å². The molecule has 0 aliphatic heterocycles. The molecule has 2 rings (SSSR count). The molecule has 0 atom stereocenters. The third-order valence-corrected chi connectivity index (χ3v) is 2.77. The van der Waals surface area contributed by atoms with Crippen molar-refractivity contribution in [3.8, 4) is 0 Å². The molecule has 0 amide bonds. The van der Waals surface area contributed by atoms with Gasteiger partial charge in [0.25, 0.3) is 0 Å². The third kappa shape index (κ3) is 3.96. The molecule has 0 heterocycles. The van der Waals surface area contributed by atoms with Crippen molar-refractivity contribution in [3.05, 3.63) is 48.0 Å². The van der Waals surface area contributed by atoms with Crippen LogP contribution in [0.25, 0.3) is 10.8 Å². The maximum atomic E-state index is 2.20. The van der Waals surface area contributed by atoms with Crippen LogP contribution in [0.4, 0.5) is 0 Å². The summed E-state index contributed by atoms with van der Waals surface area (Å²) in [5.41, 5.74) is 1.32. The Balaban J connectivity index is 0.000000245. The molecule has 0 aliphatic rings. The summed E-state index contributed by atoms with van der Waals surface area (Å²) in [5, 5.41) is 2.64. The lowest BCUT2D eigenvalue weighted by Crippen LogP contribution is -1.73. The minimum atomic E-state index is 1.24. The van der Waals surface area contributed by atoms with Crippen molar-refractivity contribution in [1.29, 1.82) is 0 Å². The maximum Gasteiger partial charge on any atom is -0.00988 e. The Morgan fingerprint density at radius 2 is 1.60 bits per heavy atom. The number of benzene rings is 2. The zero-order valence-electron chi connectivity index (χ0n) is 9.66.